The van der Waals surface area contributed by atoms with Crippen molar-refractivity contribution in [2.45, 2.75) is 33.8 Å². The van der Waals surface area contributed by atoms with Crippen molar-refractivity contribution in [1.82, 2.24) is 10.2 Å². The van der Waals surface area contributed by atoms with Gasteiger partial charge < -0.3 is 20.6 Å². The number of fused-ring (bicyclic) bond motifs is 1. The molecule has 7 nitrogen and oxygen atoms in total. The Morgan fingerprint density at radius 2 is 1.86 bits per heavy atom. The van der Waals surface area contributed by atoms with Crippen LogP contribution in [0.4, 0.5) is 5.69 Å². The van der Waals surface area contributed by atoms with Crippen LogP contribution in [0.5, 0.6) is 0 Å². The van der Waals surface area contributed by atoms with Crippen molar-refractivity contribution < 1.29 is 19.5 Å². The highest BCUT2D eigenvalue weighted by Gasteiger charge is 2.75. The number of hydrogen-bond acceptors (Lipinski definition) is 5. The maximum Gasteiger partial charge on any atom is 0.248 e. The Kier molecular flexibility index (Phi) is 6.87. The molecule has 3 amide bonds. The molecule has 0 saturated carbocycles. The fourth-order valence-electron chi connectivity index (χ4n) is 5.72. The molecule has 3 fully saturated rings. The summed E-state index contributed by atoms with van der Waals surface area (Å²) in [6, 6.07) is 15.6. The Labute approximate surface area is 221 Å². The number of halogens is 2. The lowest BCUT2D eigenvalue weighted by atomic mass is 9.70. The molecular weight excluding hydrogens is 554 g/mol. The molecule has 3 unspecified atom stereocenters. The van der Waals surface area contributed by atoms with E-state index in [1.807, 2.05) is 30.3 Å². The van der Waals surface area contributed by atoms with E-state index in [0.29, 0.717) is 23.7 Å². The number of likely N-dealkylation sites (tertiary alicyclic amines) is 1. The highest BCUT2D eigenvalue weighted by atomic mass is 79.9. The number of carbonyl (C=O) groups excluding carboxylic acids is 3. The third-order valence-electron chi connectivity index (χ3n) is 7.10. The van der Waals surface area contributed by atoms with Gasteiger partial charge in [0.15, 0.2) is 0 Å². The molecule has 2 bridgehead atoms. The van der Waals surface area contributed by atoms with E-state index in [0.717, 1.165) is 5.56 Å². The minimum absolute atomic E-state index is 0.0102. The van der Waals surface area contributed by atoms with Crippen molar-refractivity contribution in [1.29, 1.82) is 0 Å². The molecule has 2 aromatic rings. The molecule has 0 aromatic heterocycles. The van der Waals surface area contributed by atoms with Crippen LogP contribution in [0.2, 0.25) is 5.02 Å². The molecule has 3 heterocycles. The Balaban J connectivity index is 1.43. The maximum absolute atomic E-state index is 13.7. The van der Waals surface area contributed by atoms with Crippen molar-refractivity contribution >= 4 is 62.7 Å². The first-order chi connectivity index (χ1) is 16.9. The number of anilines is 1. The van der Waals surface area contributed by atoms with Crippen LogP contribution in [0.3, 0.4) is 0 Å². The van der Waals surface area contributed by atoms with Crippen LogP contribution in [0.15, 0.2) is 54.6 Å². The molecule has 0 radical (unpaired) electrons. The number of aliphatic hydroxyl groups excluding tert-OH is 1. The molecule has 0 aliphatic carbocycles. The number of carbonyl (C=O) groups is 3. The van der Waals surface area contributed by atoms with Crippen LogP contribution in [0, 0.1) is 11.8 Å². The summed E-state index contributed by atoms with van der Waals surface area (Å²) in [7, 11) is 0. The number of nitrogens with one attached hydrogen (secondary N) is 2. The molecule has 3 saturated heterocycles. The topological polar surface area (TPSA) is 98.7 Å². The summed E-state index contributed by atoms with van der Waals surface area (Å²) in [5, 5.41) is 16.0. The van der Waals surface area contributed by atoms with E-state index >= 15 is 0 Å². The molecule has 6 atom stereocenters. The second-order valence-electron chi connectivity index (χ2n) is 9.12. The Bertz CT molecular complexity index is 1140. The molecule has 184 valence electrons. The van der Waals surface area contributed by atoms with E-state index in [4.69, 9.17) is 11.6 Å². The van der Waals surface area contributed by atoms with Crippen LogP contribution in [0.25, 0.3) is 0 Å². The van der Waals surface area contributed by atoms with Gasteiger partial charge >= 0.3 is 0 Å². The van der Waals surface area contributed by atoms with Gasteiger partial charge in [0.2, 0.25) is 17.7 Å². The van der Waals surface area contributed by atoms with Gasteiger partial charge in [0.1, 0.15) is 6.04 Å². The highest BCUT2D eigenvalue weighted by Crippen LogP contribution is 2.67. The maximum atomic E-state index is 13.7. The predicted octanol–water partition coefficient (Wildman–Crippen LogP) is 3.05. The number of rotatable bonds is 7. The van der Waals surface area contributed by atoms with Gasteiger partial charge in [-0.05, 0) is 36.2 Å². The third kappa shape index (κ3) is 4.26. The van der Waals surface area contributed by atoms with Crippen LogP contribution in [-0.4, -0.2) is 61.7 Å². The zero-order valence-electron chi connectivity index (χ0n) is 18.7. The predicted molar refractivity (Wildman–Crippen MR) is 139 cm³/mol. The number of thioether (sulfide) groups is 1. The minimum Gasteiger partial charge on any atom is -0.395 e. The van der Waals surface area contributed by atoms with Crippen LogP contribution < -0.4 is 10.6 Å². The SMILES string of the molecule is O=C(Nc1ccc(Cl)cc1)C1N(CCO)C(=O)[C@@H]2[C@@H](C(=O)NCc3ccccc3)[C@@H]3SC12CC3Br. The van der Waals surface area contributed by atoms with Crippen molar-refractivity contribution in [3.63, 3.8) is 0 Å². The van der Waals surface area contributed by atoms with Gasteiger partial charge in [-0.15, -0.1) is 11.8 Å². The molecule has 5 rings (SSSR count). The summed E-state index contributed by atoms with van der Waals surface area (Å²) in [4.78, 5) is 42.2. The molecule has 10 heteroatoms. The van der Waals surface area contributed by atoms with Crippen LogP contribution in [-0.2, 0) is 20.9 Å². The van der Waals surface area contributed by atoms with Gasteiger partial charge in [0, 0.05) is 33.9 Å². The monoisotopic (exact) mass is 577 g/mol. The standard InChI is InChI=1S/C25H25BrClN3O4S/c26-17-12-25-19(18(20(17)35-25)22(32)28-13-14-4-2-1-3-5-14)24(34)30(10-11-31)21(25)23(33)29-16-8-6-15(27)7-9-16/h1-9,17-21,31H,10-13H2,(H,28,32)(H,29,33)/t17?,18-,19+,20-,21?,25?/m1/s1. The van der Waals surface area contributed by atoms with E-state index in [1.165, 1.54) is 4.90 Å². The fraction of sp³-hybridized carbons (Fsp3) is 0.400. The number of aliphatic hydroxyl groups is 1. The number of nitrogens with zero attached hydrogens (tertiary/aromatic N) is 1. The zero-order chi connectivity index (χ0) is 24.7. The summed E-state index contributed by atoms with van der Waals surface area (Å²) in [5.41, 5.74) is 1.54. The first kappa shape index (κ1) is 24.6. The first-order valence-corrected chi connectivity index (χ1v) is 13.6. The number of amides is 3. The van der Waals surface area contributed by atoms with Gasteiger partial charge in [0.25, 0.3) is 0 Å². The van der Waals surface area contributed by atoms with Gasteiger partial charge in [-0.25, -0.2) is 0 Å². The summed E-state index contributed by atoms with van der Waals surface area (Å²) >= 11 is 11.3. The Morgan fingerprint density at radius 3 is 2.54 bits per heavy atom. The van der Waals surface area contributed by atoms with Crippen molar-refractivity contribution in [3.8, 4) is 0 Å². The van der Waals surface area contributed by atoms with Crippen molar-refractivity contribution in [3.05, 3.63) is 65.2 Å². The van der Waals surface area contributed by atoms with E-state index in [9.17, 15) is 19.5 Å². The summed E-state index contributed by atoms with van der Waals surface area (Å²) in [5.74, 6) is -1.95. The third-order valence-corrected chi connectivity index (χ3v) is 10.6. The minimum atomic E-state index is -0.801. The fourth-order valence-corrected chi connectivity index (χ4v) is 9.46. The molecule has 3 aliphatic rings. The van der Waals surface area contributed by atoms with Crippen LogP contribution in [0.1, 0.15) is 12.0 Å². The molecule has 2 aromatic carbocycles. The number of benzene rings is 2. The quantitative estimate of drug-likeness (QED) is 0.439. The van der Waals surface area contributed by atoms with E-state index in [2.05, 4.69) is 26.6 Å². The Morgan fingerprint density at radius 1 is 1.14 bits per heavy atom. The number of hydrogen-bond donors (Lipinski definition) is 3. The van der Waals surface area contributed by atoms with Gasteiger partial charge in [-0.3, -0.25) is 14.4 Å². The highest BCUT2D eigenvalue weighted by molar-refractivity contribution is 9.09. The summed E-state index contributed by atoms with van der Waals surface area (Å²) < 4.78 is -0.754. The van der Waals surface area contributed by atoms with Crippen LogP contribution >= 0.6 is 39.3 Å². The summed E-state index contributed by atoms with van der Waals surface area (Å²) in [6.45, 7) is 0.136. The molecule has 1 spiro atoms. The van der Waals surface area contributed by atoms with E-state index in [-0.39, 0.29) is 41.0 Å². The van der Waals surface area contributed by atoms with Gasteiger partial charge in [-0.2, -0.15) is 0 Å². The number of alkyl halides is 1. The molecule has 35 heavy (non-hydrogen) atoms. The van der Waals surface area contributed by atoms with Gasteiger partial charge in [-0.1, -0.05) is 57.9 Å². The number of β-amino-alcohol motifs (C(OH)–C–C–N with tert-alkyl or cyclic N) is 1. The first-order valence-electron chi connectivity index (χ1n) is 11.5. The lowest BCUT2D eigenvalue weighted by Crippen LogP contribution is -2.53. The molecule has 3 aliphatic heterocycles. The Hall–Kier alpha value is -2.07. The van der Waals surface area contributed by atoms with Gasteiger partial charge in [0.05, 0.1) is 23.2 Å². The second kappa shape index (κ2) is 9.76. The average Bonchev–Trinajstić information content (AvgIpc) is 3.43. The van der Waals surface area contributed by atoms with E-state index in [1.54, 1.807) is 36.0 Å². The smallest absolute Gasteiger partial charge is 0.248 e. The summed E-state index contributed by atoms with van der Waals surface area (Å²) in [6.07, 6.45) is 0.585. The average molecular weight is 579 g/mol. The normalized spacial score (nSPS) is 30.9. The molecule has 3 N–H and O–H groups in total. The lowest BCUT2D eigenvalue weighted by molar-refractivity contribution is -0.139. The second-order valence-corrected chi connectivity index (χ2v) is 12.3. The van der Waals surface area contributed by atoms with Crippen molar-refractivity contribution in [2.24, 2.45) is 11.8 Å². The van der Waals surface area contributed by atoms with E-state index < -0.39 is 22.6 Å². The molecular formula is C25H25BrClN3O4S. The largest absolute Gasteiger partial charge is 0.395 e. The lowest BCUT2D eigenvalue weighted by Gasteiger charge is -2.35. The zero-order valence-corrected chi connectivity index (χ0v) is 21.9. The van der Waals surface area contributed by atoms with Crippen molar-refractivity contribution in [2.75, 3.05) is 18.5 Å².